The summed E-state index contributed by atoms with van der Waals surface area (Å²) in [5.41, 5.74) is 9.90. The molecule has 0 bridgehead atoms. The molecule has 1 aromatic heterocycles. The first-order valence-electron chi connectivity index (χ1n) is 5.64. The summed E-state index contributed by atoms with van der Waals surface area (Å²) in [7, 11) is 0. The number of aryl methyl sites for hydroxylation is 2. The van der Waals surface area contributed by atoms with Gasteiger partial charge in [-0.15, -0.1) is 11.3 Å². The number of nitrogens with two attached hydrogens (primary N) is 1. The molecule has 0 amide bonds. The van der Waals surface area contributed by atoms with Gasteiger partial charge in [0.25, 0.3) is 0 Å². The lowest BCUT2D eigenvalue weighted by molar-refractivity contribution is 0.912. The SMILES string of the molecule is NCc1ncc(-c2ccc3c(c2)CCC3)s1. The molecule has 3 rings (SSSR count). The molecule has 2 aromatic rings. The quantitative estimate of drug-likeness (QED) is 0.861. The number of hydrogen-bond acceptors (Lipinski definition) is 3. The number of nitrogens with zero attached hydrogens (tertiary/aromatic N) is 1. The highest BCUT2D eigenvalue weighted by molar-refractivity contribution is 7.15. The van der Waals surface area contributed by atoms with Crippen molar-refractivity contribution < 1.29 is 0 Å². The summed E-state index contributed by atoms with van der Waals surface area (Å²) < 4.78 is 0. The highest BCUT2D eigenvalue weighted by Crippen LogP contribution is 2.30. The van der Waals surface area contributed by atoms with Gasteiger partial charge < -0.3 is 5.73 Å². The highest BCUT2D eigenvalue weighted by Gasteiger charge is 2.12. The molecule has 0 fully saturated rings. The summed E-state index contributed by atoms with van der Waals surface area (Å²) in [4.78, 5) is 5.53. The van der Waals surface area contributed by atoms with Crippen LogP contribution in [0, 0.1) is 0 Å². The van der Waals surface area contributed by atoms with E-state index in [1.54, 1.807) is 11.3 Å². The van der Waals surface area contributed by atoms with Gasteiger partial charge in [-0.25, -0.2) is 4.98 Å². The van der Waals surface area contributed by atoms with Crippen molar-refractivity contribution >= 4 is 11.3 Å². The van der Waals surface area contributed by atoms with Crippen LogP contribution in [0.1, 0.15) is 22.6 Å². The summed E-state index contributed by atoms with van der Waals surface area (Å²) in [6.45, 7) is 0.537. The second kappa shape index (κ2) is 4.00. The minimum atomic E-state index is 0.537. The molecule has 0 radical (unpaired) electrons. The Morgan fingerprint density at radius 1 is 1.25 bits per heavy atom. The maximum absolute atomic E-state index is 5.58. The van der Waals surface area contributed by atoms with E-state index in [4.69, 9.17) is 5.73 Å². The minimum Gasteiger partial charge on any atom is -0.325 e. The number of fused-ring (bicyclic) bond motifs is 1. The molecule has 0 unspecified atom stereocenters. The van der Waals surface area contributed by atoms with Crippen LogP contribution in [0.15, 0.2) is 24.4 Å². The van der Waals surface area contributed by atoms with Gasteiger partial charge in [0.2, 0.25) is 0 Å². The molecule has 0 saturated heterocycles. The van der Waals surface area contributed by atoms with Gasteiger partial charge in [0, 0.05) is 12.7 Å². The summed E-state index contributed by atoms with van der Waals surface area (Å²) in [5.74, 6) is 0. The molecule has 1 heterocycles. The van der Waals surface area contributed by atoms with Crippen molar-refractivity contribution in [3.8, 4) is 10.4 Å². The van der Waals surface area contributed by atoms with Crippen LogP contribution >= 0.6 is 11.3 Å². The van der Waals surface area contributed by atoms with Gasteiger partial charge in [-0.2, -0.15) is 0 Å². The van der Waals surface area contributed by atoms with Gasteiger partial charge in [-0.3, -0.25) is 0 Å². The predicted octanol–water partition coefficient (Wildman–Crippen LogP) is 2.76. The maximum atomic E-state index is 5.58. The summed E-state index contributed by atoms with van der Waals surface area (Å²) in [6, 6.07) is 6.79. The fourth-order valence-corrected chi connectivity index (χ4v) is 3.06. The van der Waals surface area contributed by atoms with Crippen LogP contribution < -0.4 is 5.73 Å². The van der Waals surface area contributed by atoms with Crippen molar-refractivity contribution in [2.45, 2.75) is 25.8 Å². The van der Waals surface area contributed by atoms with E-state index >= 15 is 0 Å². The molecular formula is C13H14N2S. The van der Waals surface area contributed by atoms with Crippen molar-refractivity contribution in [3.05, 3.63) is 40.5 Å². The Labute approximate surface area is 99.1 Å². The second-order valence-electron chi connectivity index (χ2n) is 4.16. The van der Waals surface area contributed by atoms with E-state index in [0.29, 0.717) is 6.54 Å². The standard InChI is InChI=1S/C13H14N2S/c14-7-13-15-8-12(16-13)11-5-4-9-2-1-3-10(9)6-11/h4-6,8H,1-3,7,14H2. The first kappa shape index (κ1) is 10.00. The third-order valence-corrected chi connectivity index (χ3v) is 4.18. The number of benzene rings is 1. The van der Waals surface area contributed by atoms with Gasteiger partial charge in [0.15, 0.2) is 0 Å². The van der Waals surface area contributed by atoms with E-state index in [0.717, 1.165) is 5.01 Å². The van der Waals surface area contributed by atoms with Crippen molar-refractivity contribution in [1.29, 1.82) is 0 Å². The fraction of sp³-hybridized carbons (Fsp3) is 0.308. The first-order valence-corrected chi connectivity index (χ1v) is 6.45. The number of rotatable bonds is 2. The Balaban J connectivity index is 2.00. The molecule has 82 valence electrons. The smallest absolute Gasteiger partial charge is 0.107 e. The largest absolute Gasteiger partial charge is 0.325 e. The van der Waals surface area contributed by atoms with Crippen molar-refractivity contribution in [3.63, 3.8) is 0 Å². The monoisotopic (exact) mass is 230 g/mol. The molecule has 3 heteroatoms. The Morgan fingerprint density at radius 3 is 2.94 bits per heavy atom. The number of hydrogen-bond donors (Lipinski definition) is 1. The summed E-state index contributed by atoms with van der Waals surface area (Å²) >= 11 is 1.70. The number of aromatic nitrogens is 1. The lowest BCUT2D eigenvalue weighted by Gasteiger charge is -2.01. The molecule has 0 atom stereocenters. The van der Waals surface area contributed by atoms with Gasteiger partial charge in [-0.1, -0.05) is 18.2 Å². The molecule has 0 spiro atoms. The van der Waals surface area contributed by atoms with Crippen LogP contribution in [-0.4, -0.2) is 4.98 Å². The highest BCUT2D eigenvalue weighted by atomic mass is 32.1. The first-order chi connectivity index (χ1) is 7.86. The molecule has 1 aliphatic carbocycles. The fourth-order valence-electron chi connectivity index (χ4n) is 2.26. The van der Waals surface area contributed by atoms with Crippen molar-refractivity contribution in [2.75, 3.05) is 0 Å². The molecule has 1 aromatic carbocycles. The molecular weight excluding hydrogens is 216 g/mol. The Morgan fingerprint density at radius 2 is 2.12 bits per heavy atom. The molecule has 2 nitrogen and oxygen atoms in total. The average Bonchev–Trinajstić information content (AvgIpc) is 2.96. The van der Waals surface area contributed by atoms with Gasteiger partial charge in [-0.05, 0) is 36.0 Å². The third-order valence-electron chi connectivity index (χ3n) is 3.11. The zero-order valence-electron chi connectivity index (χ0n) is 9.07. The van der Waals surface area contributed by atoms with Crippen LogP contribution in [0.3, 0.4) is 0 Å². The van der Waals surface area contributed by atoms with E-state index in [2.05, 4.69) is 23.2 Å². The molecule has 1 aliphatic rings. The number of thiazole rings is 1. The molecule has 0 aliphatic heterocycles. The van der Waals surface area contributed by atoms with Crippen LogP contribution in [-0.2, 0) is 19.4 Å². The third kappa shape index (κ3) is 1.66. The maximum Gasteiger partial charge on any atom is 0.107 e. The topological polar surface area (TPSA) is 38.9 Å². The summed E-state index contributed by atoms with van der Waals surface area (Å²) in [6.07, 6.45) is 5.71. The van der Waals surface area contributed by atoms with Crippen molar-refractivity contribution in [2.24, 2.45) is 5.73 Å². The van der Waals surface area contributed by atoms with Crippen molar-refractivity contribution in [1.82, 2.24) is 4.98 Å². The van der Waals surface area contributed by atoms with E-state index in [-0.39, 0.29) is 0 Å². The minimum absolute atomic E-state index is 0.537. The van der Waals surface area contributed by atoms with Gasteiger partial charge >= 0.3 is 0 Å². The van der Waals surface area contributed by atoms with E-state index in [1.807, 2.05) is 6.20 Å². The van der Waals surface area contributed by atoms with Gasteiger partial charge in [0.1, 0.15) is 5.01 Å². The van der Waals surface area contributed by atoms with E-state index < -0.39 is 0 Å². The van der Waals surface area contributed by atoms with E-state index in [1.165, 1.54) is 40.8 Å². The lowest BCUT2D eigenvalue weighted by Crippen LogP contribution is -1.93. The molecule has 2 N–H and O–H groups in total. The lowest BCUT2D eigenvalue weighted by atomic mass is 10.1. The van der Waals surface area contributed by atoms with Crippen LogP contribution in [0.2, 0.25) is 0 Å². The van der Waals surface area contributed by atoms with Crippen LogP contribution in [0.25, 0.3) is 10.4 Å². The van der Waals surface area contributed by atoms with Crippen LogP contribution in [0.5, 0.6) is 0 Å². The zero-order valence-corrected chi connectivity index (χ0v) is 9.89. The molecule has 16 heavy (non-hydrogen) atoms. The van der Waals surface area contributed by atoms with Crippen LogP contribution in [0.4, 0.5) is 0 Å². The molecule has 0 saturated carbocycles. The Bertz CT molecular complexity index is 516. The predicted molar refractivity (Wildman–Crippen MR) is 67.5 cm³/mol. The Kier molecular flexibility index (Phi) is 2.50. The Hall–Kier alpha value is -1.19. The summed E-state index contributed by atoms with van der Waals surface area (Å²) in [5, 5.41) is 1.01. The van der Waals surface area contributed by atoms with E-state index in [9.17, 15) is 0 Å². The zero-order chi connectivity index (χ0) is 11.0. The van der Waals surface area contributed by atoms with Gasteiger partial charge in [0.05, 0.1) is 4.88 Å². The average molecular weight is 230 g/mol. The second-order valence-corrected chi connectivity index (χ2v) is 5.27. The normalized spacial score (nSPS) is 14.1.